The van der Waals surface area contributed by atoms with Gasteiger partial charge in [-0.2, -0.15) is 0 Å². The van der Waals surface area contributed by atoms with Crippen molar-refractivity contribution >= 4 is 54.7 Å². The van der Waals surface area contributed by atoms with E-state index in [9.17, 15) is 0 Å². The Morgan fingerprint density at radius 3 is 2.16 bits per heavy atom. The molecule has 7 aromatic rings. The fourth-order valence-electron chi connectivity index (χ4n) is 7.06. The lowest BCUT2D eigenvalue weighted by atomic mass is 9.84. The average molecular weight is 561 g/mol. The zero-order chi connectivity index (χ0) is 29.6. The Hall–Kier alpha value is -5.46. The molecule has 0 heteroatoms. The van der Waals surface area contributed by atoms with Crippen LogP contribution in [0.25, 0.3) is 77.0 Å². The Morgan fingerprint density at radius 1 is 0.591 bits per heavy atom. The Morgan fingerprint density at radius 2 is 1.27 bits per heavy atom. The summed E-state index contributed by atoms with van der Waals surface area (Å²) in [6.07, 6.45) is 12.6. The zero-order valence-electron chi connectivity index (χ0n) is 24.7. The van der Waals surface area contributed by atoms with Gasteiger partial charge in [-0.3, -0.25) is 0 Å². The molecular formula is C44H32. The summed E-state index contributed by atoms with van der Waals surface area (Å²) in [4.78, 5) is 0. The van der Waals surface area contributed by atoms with Crippen LogP contribution in [0, 0.1) is 0 Å². The van der Waals surface area contributed by atoms with Gasteiger partial charge in [-0.25, -0.2) is 0 Å². The first-order valence-corrected chi connectivity index (χ1v) is 15.4. The highest BCUT2D eigenvalue weighted by Crippen LogP contribution is 2.44. The summed E-state index contributed by atoms with van der Waals surface area (Å²) < 4.78 is 0. The van der Waals surface area contributed by atoms with Crippen molar-refractivity contribution in [3.63, 3.8) is 0 Å². The highest BCUT2D eigenvalue weighted by Gasteiger charge is 2.18. The summed E-state index contributed by atoms with van der Waals surface area (Å²) >= 11 is 0. The van der Waals surface area contributed by atoms with Gasteiger partial charge in [-0.15, -0.1) is 0 Å². The van der Waals surface area contributed by atoms with Gasteiger partial charge in [0.25, 0.3) is 0 Å². The summed E-state index contributed by atoms with van der Waals surface area (Å²) in [7, 11) is 0. The van der Waals surface area contributed by atoms with E-state index in [1.807, 2.05) is 12.2 Å². The lowest BCUT2D eigenvalue weighted by molar-refractivity contribution is 0.986. The minimum Gasteiger partial charge on any atom is -0.0991 e. The van der Waals surface area contributed by atoms with Crippen LogP contribution >= 0.6 is 0 Å². The maximum Gasteiger partial charge on any atom is -0.00261 e. The zero-order valence-corrected chi connectivity index (χ0v) is 24.7. The van der Waals surface area contributed by atoms with Crippen molar-refractivity contribution in [3.05, 3.63) is 169 Å². The summed E-state index contributed by atoms with van der Waals surface area (Å²) in [5.41, 5.74) is 9.84. The van der Waals surface area contributed by atoms with Crippen LogP contribution in [0.15, 0.2) is 153 Å². The number of benzene rings is 7. The van der Waals surface area contributed by atoms with Gasteiger partial charge in [-0.1, -0.05) is 141 Å². The van der Waals surface area contributed by atoms with Gasteiger partial charge in [0.15, 0.2) is 0 Å². The smallest absolute Gasteiger partial charge is 0.00261 e. The lowest BCUT2D eigenvalue weighted by Crippen LogP contribution is -1.95. The molecular weight excluding hydrogens is 528 g/mol. The molecule has 0 aromatic heterocycles. The van der Waals surface area contributed by atoms with Gasteiger partial charge < -0.3 is 0 Å². The van der Waals surface area contributed by atoms with E-state index in [2.05, 4.69) is 147 Å². The van der Waals surface area contributed by atoms with Crippen molar-refractivity contribution in [3.8, 4) is 22.3 Å². The molecule has 0 heterocycles. The first-order chi connectivity index (χ1) is 21.7. The number of fused-ring (bicyclic) bond motifs is 6. The maximum absolute atomic E-state index is 4.55. The number of hydrogen-bond donors (Lipinski definition) is 0. The second kappa shape index (κ2) is 10.7. The number of rotatable bonds is 5. The van der Waals surface area contributed by atoms with Crippen molar-refractivity contribution in [2.45, 2.75) is 12.8 Å². The molecule has 0 unspecified atom stereocenters. The van der Waals surface area contributed by atoms with Gasteiger partial charge in [0.2, 0.25) is 0 Å². The molecule has 0 fully saturated rings. The molecule has 44 heavy (non-hydrogen) atoms. The highest BCUT2D eigenvalue weighted by atomic mass is 14.2. The summed E-state index contributed by atoms with van der Waals surface area (Å²) in [5.74, 6) is 0. The molecule has 0 amide bonds. The third kappa shape index (κ3) is 4.31. The quantitative estimate of drug-likeness (QED) is 0.112. The topological polar surface area (TPSA) is 0 Å². The standard InChI is InChI=1S/C44H32/c1-3-4-11-29(2)43-39-16-9-10-17-40(39)44(36-23-24-38-35(27-36)21-19-31-13-7-8-15-37(31)38)41-25-22-34(28-42(41)43)33-20-18-30-12-5-6-14-32(30)26-33/h3-4,6-11,13-28H,1-2,5,12H2/b11-4-. The van der Waals surface area contributed by atoms with Crippen molar-refractivity contribution < 1.29 is 0 Å². The van der Waals surface area contributed by atoms with Gasteiger partial charge in [-0.05, 0) is 119 Å². The van der Waals surface area contributed by atoms with Crippen LogP contribution < -0.4 is 0 Å². The van der Waals surface area contributed by atoms with E-state index in [0.29, 0.717) is 0 Å². The third-order valence-corrected chi connectivity index (χ3v) is 9.17. The van der Waals surface area contributed by atoms with Crippen LogP contribution in [-0.4, -0.2) is 0 Å². The molecule has 8 rings (SSSR count). The largest absolute Gasteiger partial charge is 0.0991 e. The van der Waals surface area contributed by atoms with Gasteiger partial charge >= 0.3 is 0 Å². The molecule has 208 valence electrons. The molecule has 0 aliphatic heterocycles. The molecule has 0 spiro atoms. The Labute approximate surface area is 258 Å². The van der Waals surface area contributed by atoms with Crippen LogP contribution in [0.2, 0.25) is 0 Å². The van der Waals surface area contributed by atoms with E-state index in [-0.39, 0.29) is 0 Å². The summed E-state index contributed by atoms with van der Waals surface area (Å²) in [6, 6.07) is 42.8. The van der Waals surface area contributed by atoms with Crippen molar-refractivity contribution in [1.82, 2.24) is 0 Å². The molecule has 7 aromatic carbocycles. The molecule has 0 N–H and O–H groups in total. The number of hydrogen-bond acceptors (Lipinski definition) is 0. The van der Waals surface area contributed by atoms with Gasteiger partial charge in [0.1, 0.15) is 0 Å². The Balaban J connectivity index is 1.42. The van der Waals surface area contributed by atoms with Crippen LogP contribution in [0.1, 0.15) is 23.1 Å². The molecule has 0 nitrogen and oxygen atoms in total. The number of aryl methyl sites for hydroxylation is 1. The molecule has 0 atom stereocenters. The van der Waals surface area contributed by atoms with Crippen LogP contribution in [0.4, 0.5) is 0 Å². The second-order valence-corrected chi connectivity index (χ2v) is 11.8. The molecule has 0 radical (unpaired) electrons. The average Bonchev–Trinajstić information content (AvgIpc) is 3.08. The van der Waals surface area contributed by atoms with Gasteiger partial charge in [0, 0.05) is 0 Å². The van der Waals surface area contributed by atoms with Crippen LogP contribution in [0.3, 0.4) is 0 Å². The van der Waals surface area contributed by atoms with E-state index in [0.717, 1.165) is 18.4 Å². The summed E-state index contributed by atoms with van der Waals surface area (Å²) in [5, 5.41) is 9.97. The predicted molar refractivity (Wildman–Crippen MR) is 193 cm³/mol. The van der Waals surface area contributed by atoms with E-state index in [4.69, 9.17) is 0 Å². The predicted octanol–water partition coefficient (Wildman–Crippen LogP) is 12.3. The molecule has 0 saturated heterocycles. The van der Waals surface area contributed by atoms with E-state index >= 15 is 0 Å². The minimum atomic E-state index is 0.980. The monoisotopic (exact) mass is 560 g/mol. The molecule has 1 aliphatic rings. The van der Waals surface area contributed by atoms with E-state index in [1.165, 1.54) is 82.0 Å². The fraction of sp³-hybridized carbons (Fsp3) is 0.0455. The molecule has 0 bridgehead atoms. The Kier molecular flexibility index (Phi) is 6.35. The fourth-order valence-corrected chi connectivity index (χ4v) is 7.06. The molecule has 1 aliphatic carbocycles. The van der Waals surface area contributed by atoms with Crippen molar-refractivity contribution in [2.24, 2.45) is 0 Å². The summed E-state index contributed by atoms with van der Waals surface area (Å²) in [6.45, 7) is 8.46. The van der Waals surface area contributed by atoms with Crippen molar-refractivity contribution in [1.29, 1.82) is 0 Å². The van der Waals surface area contributed by atoms with Crippen molar-refractivity contribution in [2.75, 3.05) is 0 Å². The SMILES string of the molecule is C=C/C=C\C(=C)c1c2ccccc2c(-c2ccc3c(ccc4ccccc43)c2)c2ccc(-c3ccc4c(c3)C=CCC4)cc12. The first kappa shape index (κ1) is 26.2. The lowest BCUT2D eigenvalue weighted by Gasteiger charge is -2.19. The number of allylic oxidation sites excluding steroid dienone is 5. The normalized spacial score (nSPS) is 12.8. The minimum absolute atomic E-state index is 0.980. The van der Waals surface area contributed by atoms with Crippen LogP contribution in [-0.2, 0) is 6.42 Å². The highest BCUT2D eigenvalue weighted by molar-refractivity contribution is 6.20. The third-order valence-electron chi connectivity index (χ3n) is 9.17. The van der Waals surface area contributed by atoms with Crippen LogP contribution in [0.5, 0.6) is 0 Å². The Bertz CT molecular complexity index is 2360. The second-order valence-electron chi connectivity index (χ2n) is 11.8. The van der Waals surface area contributed by atoms with Gasteiger partial charge in [0.05, 0.1) is 0 Å². The van der Waals surface area contributed by atoms with E-state index < -0.39 is 0 Å². The first-order valence-electron chi connectivity index (χ1n) is 15.4. The maximum atomic E-state index is 4.55. The molecule has 0 saturated carbocycles. The van der Waals surface area contributed by atoms with E-state index in [1.54, 1.807) is 0 Å².